The molecule has 1 aliphatic rings. The molecule has 0 aromatic heterocycles. The first-order valence-electron chi connectivity index (χ1n) is 5.30. The van der Waals surface area contributed by atoms with Gasteiger partial charge >= 0.3 is 0 Å². The molecule has 1 aliphatic carbocycles. The summed E-state index contributed by atoms with van der Waals surface area (Å²) in [6.07, 6.45) is 3.90. The largest absolute Gasteiger partial charge is 0.375 e. The molecule has 0 heterocycles. The first-order chi connectivity index (χ1) is 7.25. The summed E-state index contributed by atoms with van der Waals surface area (Å²) in [5, 5.41) is 3.29. The average molecular weight is 268 g/mol. The van der Waals surface area contributed by atoms with E-state index >= 15 is 0 Å². The minimum atomic E-state index is 0.0277. The zero-order valence-corrected chi connectivity index (χ0v) is 10.1. The fraction of sp³-hybridized carbons (Fsp3) is 0.417. The van der Waals surface area contributed by atoms with Crippen molar-refractivity contribution < 1.29 is 4.79 Å². The highest BCUT2D eigenvalue weighted by Crippen LogP contribution is 2.20. The molecular formula is C12H14BrNO. The molecule has 2 nitrogen and oxygen atoms in total. The number of nitrogens with one attached hydrogen (secondary N) is 1. The summed E-state index contributed by atoms with van der Waals surface area (Å²) < 4.78 is 1.06. The maximum Gasteiger partial charge on any atom is 0.155 e. The number of ketones is 1. The summed E-state index contributed by atoms with van der Waals surface area (Å²) >= 11 is 3.39. The fourth-order valence-electron chi connectivity index (χ4n) is 1.88. The van der Waals surface area contributed by atoms with Gasteiger partial charge in [0.25, 0.3) is 0 Å². The van der Waals surface area contributed by atoms with Crippen molar-refractivity contribution in [3.63, 3.8) is 0 Å². The highest BCUT2D eigenvalue weighted by atomic mass is 79.9. The first-order valence-corrected chi connectivity index (χ1v) is 6.10. The second kappa shape index (κ2) is 4.79. The van der Waals surface area contributed by atoms with Crippen molar-refractivity contribution in [2.24, 2.45) is 0 Å². The van der Waals surface area contributed by atoms with Crippen LogP contribution in [0, 0.1) is 0 Å². The lowest BCUT2D eigenvalue weighted by Gasteiger charge is -2.22. The molecule has 0 amide bonds. The number of carbonyl (C=O) groups is 1. The molecule has 0 bridgehead atoms. The third-order valence-electron chi connectivity index (χ3n) is 2.74. The average Bonchev–Trinajstić information content (AvgIpc) is 2.25. The monoisotopic (exact) mass is 267 g/mol. The van der Waals surface area contributed by atoms with E-state index in [0.717, 1.165) is 35.8 Å². The number of benzene rings is 1. The van der Waals surface area contributed by atoms with Gasteiger partial charge < -0.3 is 5.32 Å². The van der Waals surface area contributed by atoms with Crippen LogP contribution in [0.1, 0.15) is 25.7 Å². The molecule has 1 aromatic rings. The molecule has 80 valence electrons. The molecule has 1 fully saturated rings. The minimum Gasteiger partial charge on any atom is -0.375 e. The molecular weight excluding hydrogens is 254 g/mol. The van der Waals surface area contributed by atoms with Gasteiger partial charge in [0.1, 0.15) is 0 Å². The van der Waals surface area contributed by atoms with Crippen LogP contribution < -0.4 is 5.32 Å². The summed E-state index contributed by atoms with van der Waals surface area (Å²) in [4.78, 5) is 11.6. The van der Waals surface area contributed by atoms with E-state index < -0.39 is 0 Å². The number of Topliss-reactive ketones (excluding diaryl/α,β-unsaturated/α-hetero) is 1. The van der Waals surface area contributed by atoms with Crippen molar-refractivity contribution in [2.75, 3.05) is 5.32 Å². The van der Waals surface area contributed by atoms with Crippen LogP contribution in [0.5, 0.6) is 0 Å². The van der Waals surface area contributed by atoms with Gasteiger partial charge in [0.05, 0.1) is 6.04 Å². The molecule has 15 heavy (non-hydrogen) atoms. The lowest BCUT2D eigenvalue weighted by atomic mass is 9.94. The Kier molecular flexibility index (Phi) is 3.41. The Hall–Kier alpha value is -0.830. The van der Waals surface area contributed by atoms with Gasteiger partial charge in [0, 0.05) is 16.6 Å². The van der Waals surface area contributed by atoms with Gasteiger partial charge in [-0.25, -0.2) is 0 Å². The zero-order valence-electron chi connectivity index (χ0n) is 8.50. The van der Waals surface area contributed by atoms with Gasteiger partial charge in [-0.3, -0.25) is 4.79 Å². The molecule has 2 rings (SSSR count). The topological polar surface area (TPSA) is 29.1 Å². The second-order valence-electron chi connectivity index (χ2n) is 3.92. The van der Waals surface area contributed by atoms with Crippen molar-refractivity contribution in [3.8, 4) is 0 Å². The molecule has 1 saturated carbocycles. The maximum absolute atomic E-state index is 11.6. The van der Waals surface area contributed by atoms with Crippen LogP contribution in [-0.2, 0) is 4.79 Å². The summed E-state index contributed by atoms with van der Waals surface area (Å²) in [6.45, 7) is 0. The van der Waals surface area contributed by atoms with Crippen molar-refractivity contribution in [2.45, 2.75) is 31.7 Å². The first kappa shape index (κ1) is 10.7. The highest BCUT2D eigenvalue weighted by Gasteiger charge is 2.21. The molecule has 0 saturated heterocycles. The Morgan fingerprint density at radius 2 is 1.93 bits per heavy atom. The third-order valence-corrected chi connectivity index (χ3v) is 3.27. The lowest BCUT2D eigenvalue weighted by Crippen LogP contribution is -2.32. The van der Waals surface area contributed by atoms with Crippen LogP contribution in [0.3, 0.4) is 0 Å². The van der Waals surface area contributed by atoms with Crippen molar-refractivity contribution in [1.82, 2.24) is 0 Å². The van der Waals surface area contributed by atoms with Crippen LogP contribution in [0.2, 0.25) is 0 Å². The van der Waals surface area contributed by atoms with Gasteiger partial charge in [-0.05, 0) is 37.1 Å². The summed E-state index contributed by atoms with van der Waals surface area (Å²) in [7, 11) is 0. The zero-order chi connectivity index (χ0) is 10.7. The van der Waals surface area contributed by atoms with Crippen LogP contribution >= 0.6 is 15.9 Å². The fourth-order valence-corrected chi connectivity index (χ4v) is 2.15. The van der Waals surface area contributed by atoms with E-state index in [2.05, 4.69) is 21.2 Å². The van der Waals surface area contributed by atoms with Crippen LogP contribution in [0.4, 0.5) is 5.69 Å². The SMILES string of the molecule is O=C1CCCCC1Nc1ccc(Br)cc1. The van der Waals surface area contributed by atoms with Gasteiger partial charge in [-0.1, -0.05) is 22.4 Å². The molecule has 1 atom stereocenters. The molecule has 1 aromatic carbocycles. The number of hydrogen-bond donors (Lipinski definition) is 1. The number of carbonyl (C=O) groups excluding carboxylic acids is 1. The second-order valence-corrected chi connectivity index (χ2v) is 4.83. The predicted octanol–water partition coefficient (Wildman–Crippen LogP) is 3.37. The van der Waals surface area contributed by atoms with E-state index in [9.17, 15) is 4.79 Å². The predicted molar refractivity (Wildman–Crippen MR) is 65.0 cm³/mol. The third kappa shape index (κ3) is 2.81. The van der Waals surface area contributed by atoms with E-state index in [1.54, 1.807) is 0 Å². The number of hydrogen-bond acceptors (Lipinski definition) is 2. The van der Waals surface area contributed by atoms with Crippen molar-refractivity contribution in [3.05, 3.63) is 28.7 Å². The molecule has 1 unspecified atom stereocenters. The number of rotatable bonds is 2. The minimum absolute atomic E-state index is 0.0277. The van der Waals surface area contributed by atoms with Gasteiger partial charge in [-0.2, -0.15) is 0 Å². The van der Waals surface area contributed by atoms with Gasteiger partial charge in [-0.15, -0.1) is 0 Å². The summed E-state index contributed by atoms with van der Waals surface area (Å²) in [5.74, 6) is 0.351. The normalized spacial score (nSPS) is 21.4. The van der Waals surface area contributed by atoms with Crippen LogP contribution in [0.25, 0.3) is 0 Å². The Labute approximate surface area is 98.2 Å². The van der Waals surface area contributed by atoms with E-state index in [1.165, 1.54) is 0 Å². The molecule has 3 heteroatoms. The Bertz CT molecular complexity index is 347. The molecule has 0 aliphatic heterocycles. The number of anilines is 1. The van der Waals surface area contributed by atoms with Crippen molar-refractivity contribution >= 4 is 27.4 Å². The Morgan fingerprint density at radius 3 is 2.60 bits per heavy atom. The molecule has 1 N–H and O–H groups in total. The summed E-state index contributed by atoms with van der Waals surface area (Å²) in [6, 6.07) is 7.98. The van der Waals surface area contributed by atoms with Crippen LogP contribution in [-0.4, -0.2) is 11.8 Å². The van der Waals surface area contributed by atoms with Gasteiger partial charge in [0.15, 0.2) is 5.78 Å². The lowest BCUT2D eigenvalue weighted by molar-refractivity contribution is -0.121. The smallest absolute Gasteiger partial charge is 0.155 e. The van der Waals surface area contributed by atoms with E-state index in [0.29, 0.717) is 5.78 Å². The number of halogens is 1. The Morgan fingerprint density at radius 1 is 1.20 bits per heavy atom. The van der Waals surface area contributed by atoms with E-state index in [4.69, 9.17) is 0 Å². The maximum atomic E-state index is 11.6. The quantitative estimate of drug-likeness (QED) is 0.890. The van der Waals surface area contributed by atoms with Gasteiger partial charge in [0.2, 0.25) is 0 Å². The highest BCUT2D eigenvalue weighted by molar-refractivity contribution is 9.10. The Balaban J connectivity index is 2.01. The standard InChI is InChI=1S/C12H14BrNO/c13-9-5-7-10(8-6-9)14-11-3-1-2-4-12(11)15/h5-8,11,14H,1-4H2. The molecule has 0 radical (unpaired) electrons. The van der Waals surface area contributed by atoms with E-state index in [-0.39, 0.29) is 6.04 Å². The summed E-state index contributed by atoms with van der Waals surface area (Å²) in [5.41, 5.74) is 1.03. The van der Waals surface area contributed by atoms with Crippen molar-refractivity contribution in [1.29, 1.82) is 0 Å². The van der Waals surface area contributed by atoms with E-state index in [1.807, 2.05) is 24.3 Å². The molecule has 0 spiro atoms. The van der Waals surface area contributed by atoms with Crippen LogP contribution in [0.15, 0.2) is 28.7 Å².